The molecule has 0 atom stereocenters. The van der Waals surface area contributed by atoms with E-state index in [-0.39, 0.29) is 0 Å². The number of thiophene rings is 1. The van der Waals surface area contributed by atoms with Crippen molar-refractivity contribution >= 4 is 70.1 Å². The summed E-state index contributed by atoms with van der Waals surface area (Å²) < 4.78 is 2.62. The van der Waals surface area contributed by atoms with E-state index in [1.54, 1.807) is 0 Å². The van der Waals surface area contributed by atoms with E-state index < -0.39 is 0 Å². The van der Waals surface area contributed by atoms with Crippen LogP contribution in [-0.2, 0) is 0 Å². The van der Waals surface area contributed by atoms with Gasteiger partial charge in [-0.2, -0.15) is 0 Å². The minimum Gasteiger partial charge on any atom is -0.309 e. The number of rotatable bonds is 5. The summed E-state index contributed by atoms with van der Waals surface area (Å²) in [7, 11) is 0. The molecule has 0 bridgehead atoms. The van der Waals surface area contributed by atoms with Gasteiger partial charge < -0.3 is 4.90 Å². The lowest BCUT2D eigenvalue weighted by Gasteiger charge is -2.29. The van der Waals surface area contributed by atoms with Gasteiger partial charge in [0.2, 0.25) is 0 Å². The van der Waals surface area contributed by atoms with Crippen LogP contribution in [0.15, 0.2) is 176 Å². The van der Waals surface area contributed by atoms with Crippen molar-refractivity contribution in [2.24, 2.45) is 0 Å². The van der Waals surface area contributed by atoms with Gasteiger partial charge >= 0.3 is 0 Å². The van der Waals surface area contributed by atoms with E-state index in [0.717, 1.165) is 17.1 Å². The highest BCUT2D eigenvalue weighted by Crippen LogP contribution is 2.47. The SMILES string of the molecule is c1cc(-c2ccc3ccccc3c2)cc(N(c2ccccc2-c2cccc3sc4ccccc4c23)c2cccc3ccccc23)c1. The summed E-state index contributed by atoms with van der Waals surface area (Å²) in [5, 5.41) is 7.57. The Bertz CT molecular complexity index is 2550. The molecular weight excluding hydrogens is 575 g/mol. The molecule has 0 saturated carbocycles. The fraction of sp³-hybridized carbons (Fsp3) is 0. The van der Waals surface area contributed by atoms with E-state index in [4.69, 9.17) is 0 Å². The summed E-state index contributed by atoms with van der Waals surface area (Å²) >= 11 is 1.87. The first-order valence-electron chi connectivity index (χ1n) is 15.7. The molecule has 216 valence electrons. The van der Waals surface area contributed by atoms with Crippen molar-refractivity contribution in [1.82, 2.24) is 0 Å². The molecule has 0 saturated heterocycles. The van der Waals surface area contributed by atoms with Crippen LogP contribution in [-0.4, -0.2) is 0 Å². The molecule has 0 amide bonds. The fourth-order valence-electron chi connectivity index (χ4n) is 6.90. The molecule has 0 radical (unpaired) electrons. The first kappa shape index (κ1) is 26.7. The number of hydrogen-bond acceptors (Lipinski definition) is 2. The molecule has 1 nitrogen and oxygen atoms in total. The minimum absolute atomic E-state index is 1.12. The lowest BCUT2D eigenvalue weighted by atomic mass is 9.96. The predicted molar refractivity (Wildman–Crippen MR) is 200 cm³/mol. The van der Waals surface area contributed by atoms with Crippen molar-refractivity contribution in [2.45, 2.75) is 0 Å². The molecular formula is C44H29NS. The third-order valence-electron chi connectivity index (χ3n) is 9.03. The Morgan fingerprint density at radius 3 is 1.93 bits per heavy atom. The molecule has 46 heavy (non-hydrogen) atoms. The van der Waals surface area contributed by atoms with Crippen molar-refractivity contribution in [3.8, 4) is 22.3 Å². The van der Waals surface area contributed by atoms with Gasteiger partial charge in [0.05, 0.1) is 11.4 Å². The molecule has 9 rings (SSSR count). The third kappa shape index (κ3) is 4.46. The predicted octanol–water partition coefficient (Wildman–Crippen LogP) is 13.2. The van der Waals surface area contributed by atoms with Gasteiger partial charge in [-0.25, -0.2) is 0 Å². The second kappa shape index (κ2) is 11.0. The number of para-hydroxylation sites is 1. The van der Waals surface area contributed by atoms with Crippen LogP contribution >= 0.6 is 11.3 Å². The van der Waals surface area contributed by atoms with Crippen molar-refractivity contribution in [1.29, 1.82) is 0 Å². The summed E-state index contributed by atoms with van der Waals surface area (Å²) in [6, 6.07) is 64.0. The van der Waals surface area contributed by atoms with E-state index in [9.17, 15) is 0 Å². The maximum Gasteiger partial charge on any atom is 0.0540 e. The van der Waals surface area contributed by atoms with E-state index in [1.165, 1.54) is 64.0 Å². The minimum atomic E-state index is 1.12. The summed E-state index contributed by atoms with van der Waals surface area (Å²) in [5.74, 6) is 0. The number of hydrogen-bond donors (Lipinski definition) is 0. The zero-order chi connectivity index (χ0) is 30.5. The molecule has 8 aromatic carbocycles. The fourth-order valence-corrected chi connectivity index (χ4v) is 8.03. The molecule has 9 aromatic rings. The zero-order valence-corrected chi connectivity index (χ0v) is 25.9. The van der Waals surface area contributed by atoms with Crippen molar-refractivity contribution in [2.75, 3.05) is 4.90 Å². The molecule has 0 spiro atoms. The Morgan fingerprint density at radius 1 is 0.370 bits per heavy atom. The highest BCUT2D eigenvalue weighted by Gasteiger charge is 2.21. The Kier molecular flexibility index (Phi) is 6.40. The van der Waals surface area contributed by atoms with Crippen LogP contribution in [0.5, 0.6) is 0 Å². The Hall–Kier alpha value is -5.70. The van der Waals surface area contributed by atoms with Gasteiger partial charge in [-0.1, -0.05) is 133 Å². The molecule has 0 unspecified atom stereocenters. The lowest BCUT2D eigenvalue weighted by Crippen LogP contribution is -2.12. The highest BCUT2D eigenvalue weighted by molar-refractivity contribution is 7.25. The molecule has 0 fully saturated rings. The quantitative estimate of drug-likeness (QED) is 0.189. The van der Waals surface area contributed by atoms with Crippen molar-refractivity contribution in [3.63, 3.8) is 0 Å². The highest BCUT2D eigenvalue weighted by atomic mass is 32.1. The average Bonchev–Trinajstić information content (AvgIpc) is 3.51. The van der Waals surface area contributed by atoms with E-state index in [1.807, 2.05) is 11.3 Å². The topological polar surface area (TPSA) is 3.24 Å². The summed E-state index contributed by atoms with van der Waals surface area (Å²) in [6.07, 6.45) is 0. The van der Waals surface area contributed by atoms with Crippen LogP contribution in [0.3, 0.4) is 0 Å². The Morgan fingerprint density at radius 2 is 1.00 bits per heavy atom. The molecule has 1 heterocycles. The van der Waals surface area contributed by atoms with Crippen LogP contribution in [0.4, 0.5) is 17.1 Å². The standard InChI is InChI=1S/C44H29NS/c1-2-14-32-28-34(27-26-30(32)12-1)33-16-9-17-35(29-33)45(40-23-10-15-31-13-3-4-18-36(31)40)41-22-7-5-19-37(41)38-21-11-25-43-44(38)39-20-6-8-24-42(39)46-43/h1-29H. The average molecular weight is 604 g/mol. The normalized spacial score (nSPS) is 11.5. The van der Waals surface area contributed by atoms with Crippen LogP contribution in [0.1, 0.15) is 0 Å². The molecule has 2 heteroatoms. The van der Waals surface area contributed by atoms with E-state index >= 15 is 0 Å². The maximum absolute atomic E-state index is 2.45. The van der Waals surface area contributed by atoms with E-state index in [0.29, 0.717) is 0 Å². The van der Waals surface area contributed by atoms with Crippen LogP contribution in [0, 0.1) is 0 Å². The van der Waals surface area contributed by atoms with Gasteiger partial charge in [-0.05, 0) is 75.3 Å². The third-order valence-corrected chi connectivity index (χ3v) is 10.2. The van der Waals surface area contributed by atoms with Gasteiger partial charge in [-0.3, -0.25) is 0 Å². The van der Waals surface area contributed by atoms with Crippen LogP contribution in [0.2, 0.25) is 0 Å². The monoisotopic (exact) mass is 603 g/mol. The largest absolute Gasteiger partial charge is 0.309 e. The van der Waals surface area contributed by atoms with Crippen LogP contribution < -0.4 is 4.90 Å². The molecule has 0 aliphatic heterocycles. The first-order valence-corrected chi connectivity index (χ1v) is 16.5. The smallest absolute Gasteiger partial charge is 0.0540 e. The molecule has 0 aliphatic carbocycles. The van der Waals surface area contributed by atoms with Crippen molar-refractivity contribution < 1.29 is 0 Å². The number of anilines is 3. The Balaban J connectivity index is 1.30. The summed E-state index contributed by atoms with van der Waals surface area (Å²) in [4.78, 5) is 2.45. The summed E-state index contributed by atoms with van der Waals surface area (Å²) in [6.45, 7) is 0. The second-order valence-electron chi connectivity index (χ2n) is 11.7. The zero-order valence-electron chi connectivity index (χ0n) is 25.1. The second-order valence-corrected chi connectivity index (χ2v) is 12.8. The molecule has 0 aliphatic rings. The number of benzene rings is 8. The van der Waals surface area contributed by atoms with Gasteiger partial charge in [-0.15, -0.1) is 11.3 Å². The van der Waals surface area contributed by atoms with Crippen molar-refractivity contribution in [3.05, 3.63) is 176 Å². The molecule has 0 N–H and O–H groups in total. The lowest BCUT2D eigenvalue weighted by molar-refractivity contribution is 1.30. The number of nitrogens with zero attached hydrogens (tertiary/aromatic N) is 1. The maximum atomic E-state index is 2.45. The molecule has 1 aromatic heterocycles. The van der Waals surface area contributed by atoms with Crippen LogP contribution in [0.25, 0.3) is 64.0 Å². The van der Waals surface area contributed by atoms with Gasteiger partial charge in [0.1, 0.15) is 0 Å². The number of fused-ring (bicyclic) bond motifs is 5. The van der Waals surface area contributed by atoms with Gasteiger partial charge in [0.15, 0.2) is 0 Å². The van der Waals surface area contributed by atoms with Gasteiger partial charge in [0.25, 0.3) is 0 Å². The van der Waals surface area contributed by atoms with E-state index in [2.05, 4.69) is 181 Å². The summed E-state index contributed by atoms with van der Waals surface area (Å²) in [5.41, 5.74) is 8.29. The Labute approximate surface area is 272 Å². The first-order chi connectivity index (χ1) is 22.8. The van der Waals surface area contributed by atoms with Gasteiger partial charge in [0, 0.05) is 36.8 Å².